The van der Waals surface area contributed by atoms with Crippen LogP contribution in [0.25, 0.3) is 0 Å². The van der Waals surface area contributed by atoms with Gasteiger partial charge in [0, 0.05) is 10.5 Å². The summed E-state index contributed by atoms with van der Waals surface area (Å²) in [6, 6.07) is 4.11. The molecule has 1 nitrogen and oxygen atoms in total. The van der Waals surface area contributed by atoms with E-state index in [4.69, 9.17) is 23.2 Å². The van der Waals surface area contributed by atoms with Gasteiger partial charge in [-0.05, 0) is 25.5 Å². The highest BCUT2D eigenvalue weighted by Crippen LogP contribution is 2.34. The molecular weight excluding hydrogens is 333 g/mol. The first-order valence-electron chi connectivity index (χ1n) is 6.45. The second-order valence-corrected chi connectivity index (χ2v) is 6.37. The zero-order valence-corrected chi connectivity index (χ0v) is 14.0. The van der Waals surface area contributed by atoms with Crippen LogP contribution in [0.3, 0.4) is 0 Å². The molecule has 1 atom stereocenters. The van der Waals surface area contributed by atoms with Gasteiger partial charge in [-0.1, -0.05) is 71.7 Å². The smallest absolute Gasteiger partial charge is 0.0721 e. The van der Waals surface area contributed by atoms with Crippen molar-refractivity contribution in [1.29, 1.82) is 0 Å². The number of nitrogens with one attached hydrogen (secondary N) is 1. The molecule has 102 valence electrons. The molecule has 0 heterocycles. The minimum atomic E-state index is 0.387. The minimum absolute atomic E-state index is 0.387. The third-order valence-corrected chi connectivity index (χ3v) is 3.94. The fraction of sp³-hybridized carbons (Fsp3) is 0.571. The van der Waals surface area contributed by atoms with Crippen LogP contribution in [0.4, 0.5) is 5.69 Å². The number of hydrogen-bond donors (Lipinski definition) is 1. The van der Waals surface area contributed by atoms with Gasteiger partial charge in [0.05, 0.1) is 15.7 Å². The lowest BCUT2D eigenvalue weighted by molar-refractivity contribution is 0.594. The normalized spacial score (nSPS) is 12.5. The van der Waals surface area contributed by atoms with E-state index in [1.54, 1.807) is 0 Å². The number of unbranched alkanes of at least 4 members (excludes halogenated alkanes) is 3. The standard InChI is InChI=1S/C14H20BrCl2N/c1-3-4-5-6-7-10(2)18-14-12(16)8-11(15)9-13(14)17/h8-10,18H,3-7H2,1-2H3. The Morgan fingerprint density at radius 1 is 1.17 bits per heavy atom. The Kier molecular flexibility index (Phi) is 7.43. The molecule has 0 aliphatic heterocycles. The second kappa shape index (κ2) is 8.29. The molecule has 0 spiro atoms. The van der Waals surface area contributed by atoms with Gasteiger partial charge in [-0.15, -0.1) is 0 Å². The van der Waals surface area contributed by atoms with Crippen LogP contribution in [0.15, 0.2) is 16.6 Å². The minimum Gasteiger partial charge on any atom is -0.380 e. The number of halogens is 3. The topological polar surface area (TPSA) is 12.0 Å². The lowest BCUT2D eigenvalue weighted by Crippen LogP contribution is -2.15. The molecule has 1 aromatic carbocycles. The van der Waals surface area contributed by atoms with Crippen molar-refractivity contribution in [2.75, 3.05) is 5.32 Å². The first-order chi connectivity index (χ1) is 8.54. The first kappa shape index (κ1) is 16.1. The third kappa shape index (κ3) is 5.38. The van der Waals surface area contributed by atoms with Crippen LogP contribution in [-0.4, -0.2) is 6.04 Å². The summed E-state index contributed by atoms with van der Waals surface area (Å²) in [5.74, 6) is 0. The first-order valence-corrected chi connectivity index (χ1v) is 8.00. The van der Waals surface area contributed by atoms with Gasteiger partial charge in [-0.2, -0.15) is 0 Å². The van der Waals surface area contributed by atoms with Gasteiger partial charge in [-0.25, -0.2) is 0 Å². The van der Waals surface area contributed by atoms with Crippen LogP contribution in [0.1, 0.15) is 46.0 Å². The van der Waals surface area contributed by atoms with E-state index < -0.39 is 0 Å². The molecule has 0 aliphatic rings. The maximum absolute atomic E-state index is 6.19. The Balaban J connectivity index is 2.51. The molecule has 1 aromatic rings. The van der Waals surface area contributed by atoms with E-state index in [1.165, 1.54) is 25.7 Å². The zero-order valence-electron chi connectivity index (χ0n) is 10.9. The van der Waals surface area contributed by atoms with Crippen molar-refractivity contribution in [3.05, 3.63) is 26.7 Å². The Morgan fingerprint density at radius 3 is 2.33 bits per heavy atom. The monoisotopic (exact) mass is 351 g/mol. The highest BCUT2D eigenvalue weighted by molar-refractivity contribution is 9.10. The van der Waals surface area contributed by atoms with Gasteiger partial charge in [-0.3, -0.25) is 0 Å². The molecule has 0 amide bonds. The van der Waals surface area contributed by atoms with E-state index in [-0.39, 0.29) is 0 Å². The fourth-order valence-electron chi connectivity index (χ4n) is 1.88. The predicted molar refractivity (Wildman–Crippen MR) is 86.0 cm³/mol. The van der Waals surface area contributed by atoms with Crippen LogP contribution in [0.5, 0.6) is 0 Å². The molecule has 0 saturated carbocycles. The quantitative estimate of drug-likeness (QED) is 0.550. The molecule has 0 aromatic heterocycles. The highest BCUT2D eigenvalue weighted by atomic mass is 79.9. The maximum atomic E-state index is 6.19. The van der Waals surface area contributed by atoms with E-state index in [2.05, 4.69) is 35.1 Å². The van der Waals surface area contributed by atoms with E-state index in [0.29, 0.717) is 16.1 Å². The van der Waals surface area contributed by atoms with Crippen molar-refractivity contribution in [3.8, 4) is 0 Å². The number of anilines is 1. The van der Waals surface area contributed by atoms with Gasteiger partial charge >= 0.3 is 0 Å². The lowest BCUT2D eigenvalue weighted by atomic mass is 10.1. The Labute approximate surface area is 128 Å². The van der Waals surface area contributed by atoms with Crippen molar-refractivity contribution in [3.63, 3.8) is 0 Å². The number of benzene rings is 1. The fourth-order valence-corrected chi connectivity index (χ4v) is 3.19. The summed E-state index contributed by atoms with van der Waals surface area (Å²) in [6.07, 6.45) is 6.26. The maximum Gasteiger partial charge on any atom is 0.0721 e. The summed E-state index contributed by atoms with van der Waals surface area (Å²) in [6.45, 7) is 4.39. The van der Waals surface area contributed by atoms with Crippen molar-refractivity contribution >= 4 is 44.8 Å². The van der Waals surface area contributed by atoms with Crippen LogP contribution in [0, 0.1) is 0 Å². The molecule has 0 saturated heterocycles. The van der Waals surface area contributed by atoms with E-state index in [1.807, 2.05) is 12.1 Å². The van der Waals surface area contributed by atoms with Crippen LogP contribution in [0.2, 0.25) is 10.0 Å². The van der Waals surface area contributed by atoms with Gasteiger partial charge in [0.2, 0.25) is 0 Å². The average molecular weight is 353 g/mol. The Bertz CT molecular complexity index is 359. The third-order valence-electron chi connectivity index (χ3n) is 2.89. The SMILES string of the molecule is CCCCCCC(C)Nc1c(Cl)cc(Br)cc1Cl. The van der Waals surface area contributed by atoms with Crippen LogP contribution >= 0.6 is 39.1 Å². The van der Waals surface area contributed by atoms with Crippen LogP contribution in [-0.2, 0) is 0 Å². The van der Waals surface area contributed by atoms with E-state index >= 15 is 0 Å². The molecule has 0 bridgehead atoms. The molecule has 0 radical (unpaired) electrons. The summed E-state index contributed by atoms with van der Waals surface area (Å²) in [7, 11) is 0. The van der Waals surface area contributed by atoms with Crippen LogP contribution < -0.4 is 5.32 Å². The summed E-state index contributed by atoms with van der Waals surface area (Å²) in [5, 5.41) is 4.72. The zero-order chi connectivity index (χ0) is 13.5. The van der Waals surface area contributed by atoms with E-state index in [9.17, 15) is 0 Å². The molecule has 1 N–H and O–H groups in total. The van der Waals surface area contributed by atoms with Crippen molar-refractivity contribution in [2.45, 2.75) is 52.0 Å². The predicted octanol–water partition coefficient (Wildman–Crippen LogP) is 6.53. The largest absolute Gasteiger partial charge is 0.380 e. The van der Waals surface area contributed by atoms with E-state index in [0.717, 1.165) is 16.6 Å². The summed E-state index contributed by atoms with van der Waals surface area (Å²) in [5.41, 5.74) is 0.838. The molecule has 1 rings (SSSR count). The molecule has 1 unspecified atom stereocenters. The van der Waals surface area contributed by atoms with Gasteiger partial charge in [0.1, 0.15) is 0 Å². The van der Waals surface area contributed by atoms with Gasteiger partial charge < -0.3 is 5.32 Å². The Hall–Kier alpha value is 0.0800. The molecule has 18 heavy (non-hydrogen) atoms. The van der Waals surface area contributed by atoms with Gasteiger partial charge in [0.25, 0.3) is 0 Å². The lowest BCUT2D eigenvalue weighted by Gasteiger charge is -2.17. The molecule has 4 heteroatoms. The number of rotatable bonds is 7. The molecule has 0 aliphatic carbocycles. The average Bonchev–Trinajstić information content (AvgIpc) is 2.29. The van der Waals surface area contributed by atoms with Crippen molar-refractivity contribution < 1.29 is 0 Å². The summed E-state index contributed by atoms with van der Waals surface area (Å²) < 4.78 is 0.902. The van der Waals surface area contributed by atoms with Gasteiger partial charge in [0.15, 0.2) is 0 Å². The highest BCUT2D eigenvalue weighted by Gasteiger charge is 2.10. The summed E-state index contributed by atoms with van der Waals surface area (Å²) >= 11 is 15.7. The molecule has 0 fully saturated rings. The number of hydrogen-bond acceptors (Lipinski definition) is 1. The second-order valence-electron chi connectivity index (χ2n) is 4.64. The Morgan fingerprint density at radius 2 is 1.78 bits per heavy atom. The van der Waals surface area contributed by atoms with Crippen molar-refractivity contribution in [2.24, 2.45) is 0 Å². The summed E-state index contributed by atoms with van der Waals surface area (Å²) in [4.78, 5) is 0. The van der Waals surface area contributed by atoms with Crippen molar-refractivity contribution in [1.82, 2.24) is 0 Å². The molecular formula is C14H20BrCl2N.